The first kappa shape index (κ1) is 17.1. The molecule has 0 spiro atoms. The number of nitrogens with one attached hydrogen (secondary N) is 2. The molecular weight excluding hydrogens is 345 g/mol. The molecule has 4 N–H and O–H groups in total. The van der Waals surface area contributed by atoms with E-state index in [1.807, 2.05) is 6.07 Å². The highest BCUT2D eigenvalue weighted by molar-refractivity contribution is 6.31. The second-order valence-corrected chi connectivity index (χ2v) is 5.80. The Morgan fingerprint density at radius 2 is 2.16 bits per heavy atom. The van der Waals surface area contributed by atoms with E-state index in [1.54, 1.807) is 30.5 Å². The maximum absolute atomic E-state index is 14.0. The zero-order valence-electron chi connectivity index (χ0n) is 13.0. The van der Waals surface area contributed by atoms with Crippen LogP contribution < -0.4 is 11.1 Å². The standard InChI is InChI=1S/C17H15ClFN5O/c18-12-6-3-5-11(16(12)19)14-9-15(24-23-14)22-17(25)13(20)8-10-4-1-2-7-21-10/h1-7,9,13H,8,20H2,(H2,22,23,24,25). The average molecular weight is 360 g/mol. The highest BCUT2D eigenvalue weighted by Crippen LogP contribution is 2.27. The van der Waals surface area contributed by atoms with E-state index in [0.717, 1.165) is 0 Å². The van der Waals surface area contributed by atoms with E-state index in [9.17, 15) is 9.18 Å². The van der Waals surface area contributed by atoms with Gasteiger partial charge in [-0.2, -0.15) is 5.10 Å². The Morgan fingerprint density at radius 1 is 1.32 bits per heavy atom. The van der Waals surface area contributed by atoms with Crippen LogP contribution >= 0.6 is 11.6 Å². The van der Waals surface area contributed by atoms with Crippen LogP contribution in [0, 0.1) is 5.82 Å². The number of anilines is 1. The summed E-state index contributed by atoms with van der Waals surface area (Å²) >= 11 is 5.77. The molecule has 0 aliphatic heterocycles. The number of aromatic nitrogens is 3. The van der Waals surface area contributed by atoms with Crippen molar-refractivity contribution >= 4 is 23.3 Å². The number of carbonyl (C=O) groups is 1. The highest BCUT2D eigenvalue weighted by atomic mass is 35.5. The number of benzene rings is 1. The maximum Gasteiger partial charge on any atom is 0.242 e. The monoisotopic (exact) mass is 359 g/mol. The third kappa shape index (κ3) is 4.01. The van der Waals surface area contributed by atoms with Crippen LogP contribution in [0.5, 0.6) is 0 Å². The molecule has 2 heterocycles. The van der Waals surface area contributed by atoms with Gasteiger partial charge in [-0.3, -0.25) is 14.9 Å². The van der Waals surface area contributed by atoms with E-state index in [-0.39, 0.29) is 16.4 Å². The number of carbonyl (C=O) groups excluding carboxylic acids is 1. The second kappa shape index (κ2) is 7.42. The number of rotatable bonds is 5. The Balaban J connectivity index is 1.68. The van der Waals surface area contributed by atoms with Crippen molar-refractivity contribution in [3.63, 3.8) is 0 Å². The summed E-state index contributed by atoms with van der Waals surface area (Å²) in [4.78, 5) is 16.3. The Morgan fingerprint density at radius 3 is 2.92 bits per heavy atom. The van der Waals surface area contributed by atoms with Gasteiger partial charge in [-0.05, 0) is 24.3 Å². The molecule has 25 heavy (non-hydrogen) atoms. The molecule has 1 amide bonds. The number of hydrogen-bond acceptors (Lipinski definition) is 4. The SMILES string of the molecule is NC(Cc1ccccn1)C(=O)Nc1cc(-c2cccc(Cl)c2F)[nH]n1. The molecule has 6 nitrogen and oxygen atoms in total. The van der Waals surface area contributed by atoms with Crippen LogP contribution in [0.4, 0.5) is 10.2 Å². The number of halogens is 2. The van der Waals surface area contributed by atoms with Crippen molar-refractivity contribution < 1.29 is 9.18 Å². The van der Waals surface area contributed by atoms with Crippen molar-refractivity contribution in [3.8, 4) is 11.3 Å². The molecule has 0 radical (unpaired) electrons. The van der Waals surface area contributed by atoms with Crippen molar-refractivity contribution in [2.45, 2.75) is 12.5 Å². The topological polar surface area (TPSA) is 96.7 Å². The Kier molecular flexibility index (Phi) is 5.06. The molecule has 1 aromatic carbocycles. The zero-order valence-corrected chi connectivity index (χ0v) is 13.8. The fraction of sp³-hybridized carbons (Fsp3) is 0.118. The number of amides is 1. The number of nitrogens with two attached hydrogens (primary N) is 1. The summed E-state index contributed by atoms with van der Waals surface area (Å²) in [6.45, 7) is 0. The van der Waals surface area contributed by atoms with E-state index >= 15 is 0 Å². The molecule has 8 heteroatoms. The highest BCUT2D eigenvalue weighted by Gasteiger charge is 2.17. The normalized spacial score (nSPS) is 12.0. The molecule has 1 atom stereocenters. The Labute approximate surface area is 148 Å². The average Bonchev–Trinajstić information content (AvgIpc) is 3.06. The fourth-order valence-electron chi connectivity index (χ4n) is 2.29. The van der Waals surface area contributed by atoms with Crippen LogP contribution in [0.2, 0.25) is 5.02 Å². The molecular formula is C17H15ClFN5O. The molecule has 0 bridgehead atoms. The maximum atomic E-state index is 14.0. The summed E-state index contributed by atoms with van der Waals surface area (Å²) in [5.41, 5.74) is 7.27. The van der Waals surface area contributed by atoms with E-state index in [2.05, 4.69) is 20.5 Å². The molecule has 0 saturated heterocycles. The van der Waals surface area contributed by atoms with Gasteiger partial charge in [0.25, 0.3) is 0 Å². The molecule has 0 saturated carbocycles. The van der Waals surface area contributed by atoms with Crippen molar-refractivity contribution in [1.82, 2.24) is 15.2 Å². The number of nitrogens with zero attached hydrogens (tertiary/aromatic N) is 2. The van der Waals surface area contributed by atoms with Gasteiger partial charge in [0.05, 0.1) is 16.8 Å². The van der Waals surface area contributed by atoms with Crippen molar-refractivity contribution in [3.05, 3.63) is 65.2 Å². The lowest BCUT2D eigenvalue weighted by atomic mass is 10.1. The second-order valence-electron chi connectivity index (χ2n) is 5.39. The third-order valence-electron chi connectivity index (χ3n) is 3.56. The molecule has 0 aliphatic rings. The van der Waals surface area contributed by atoms with Crippen LogP contribution in [0.25, 0.3) is 11.3 Å². The number of pyridine rings is 1. The first-order chi connectivity index (χ1) is 12.0. The summed E-state index contributed by atoms with van der Waals surface area (Å²) in [6.07, 6.45) is 1.94. The smallest absolute Gasteiger partial charge is 0.242 e. The van der Waals surface area contributed by atoms with Crippen LogP contribution in [0.1, 0.15) is 5.69 Å². The molecule has 2 aromatic heterocycles. The van der Waals surface area contributed by atoms with Gasteiger partial charge in [0.1, 0.15) is 0 Å². The Bertz CT molecular complexity index is 884. The summed E-state index contributed by atoms with van der Waals surface area (Å²) < 4.78 is 14.0. The van der Waals surface area contributed by atoms with E-state index in [0.29, 0.717) is 17.8 Å². The first-order valence-corrected chi connectivity index (χ1v) is 7.88. The van der Waals surface area contributed by atoms with Gasteiger partial charge in [-0.25, -0.2) is 4.39 Å². The van der Waals surface area contributed by atoms with Gasteiger partial charge in [-0.1, -0.05) is 23.7 Å². The fourth-order valence-corrected chi connectivity index (χ4v) is 2.47. The van der Waals surface area contributed by atoms with Gasteiger partial charge < -0.3 is 11.1 Å². The predicted octanol–water partition coefficient (Wildman–Crippen LogP) is 2.77. The molecule has 1 unspecified atom stereocenters. The van der Waals surface area contributed by atoms with E-state index in [4.69, 9.17) is 17.3 Å². The lowest BCUT2D eigenvalue weighted by Gasteiger charge is -2.10. The minimum atomic E-state index is -0.780. The van der Waals surface area contributed by atoms with Crippen LogP contribution in [0.15, 0.2) is 48.7 Å². The summed E-state index contributed by atoms with van der Waals surface area (Å²) in [7, 11) is 0. The molecule has 0 fully saturated rings. The van der Waals surface area contributed by atoms with E-state index in [1.165, 1.54) is 12.1 Å². The van der Waals surface area contributed by atoms with Gasteiger partial charge >= 0.3 is 0 Å². The molecule has 0 aliphatic carbocycles. The van der Waals surface area contributed by atoms with Gasteiger partial charge in [0, 0.05) is 29.9 Å². The number of H-pyrrole nitrogens is 1. The summed E-state index contributed by atoms with van der Waals surface area (Å²) in [5.74, 6) is -0.719. The summed E-state index contributed by atoms with van der Waals surface area (Å²) in [5, 5.41) is 9.23. The van der Waals surface area contributed by atoms with Gasteiger partial charge in [0.15, 0.2) is 11.6 Å². The number of aromatic amines is 1. The van der Waals surface area contributed by atoms with E-state index < -0.39 is 17.8 Å². The Hall–Kier alpha value is -2.77. The molecule has 3 aromatic rings. The number of hydrogen-bond donors (Lipinski definition) is 3. The third-order valence-corrected chi connectivity index (χ3v) is 3.85. The predicted molar refractivity (Wildman–Crippen MR) is 93.5 cm³/mol. The van der Waals surface area contributed by atoms with Crippen molar-refractivity contribution in [1.29, 1.82) is 0 Å². The van der Waals surface area contributed by atoms with Gasteiger partial charge in [0.2, 0.25) is 5.91 Å². The van der Waals surface area contributed by atoms with Crippen LogP contribution in [-0.4, -0.2) is 27.1 Å². The zero-order chi connectivity index (χ0) is 17.8. The van der Waals surface area contributed by atoms with Gasteiger partial charge in [-0.15, -0.1) is 0 Å². The molecule has 3 rings (SSSR count). The molecule has 128 valence electrons. The lowest BCUT2D eigenvalue weighted by molar-refractivity contribution is -0.117. The van der Waals surface area contributed by atoms with Crippen LogP contribution in [-0.2, 0) is 11.2 Å². The summed E-state index contributed by atoms with van der Waals surface area (Å²) in [6, 6.07) is 10.8. The minimum Gasteiger partial charge on any atom is -0.320 e. The van der Waals surface area contributed by atoms with Crippen LogP contribution in [0.3, 0.4) is 0 Å². The first-order valence-electron chi connectivity index (χ1n) is 7.50. The minimum absolute atomic E-state index is 0.00932. The largest absolute Gasteiger partial charge is 0.320 e. The van der Waals surface area contributed by atoms with Crippen molar-refractivity contribution in [2.24, 2.45) is 5.73 Å². The van der Waals surface area contributed by atoms with Crippen molar-refractivity contribution in [2.75, 3.05) is 5.32 Å². The quantitative estimate of drug-likeness (QED) is 0.652. The lowest BCUT2D eigenvalue weighted by Crippen LogP contribution is -2.37.